The molecule has 0 atom stereocenters. The number of benzene rings is 10. The van der Waals surface area contributed by atoms with Gasteiger partial charge in [-0.2, -0.15) is 0 Å². The lowest BCUT2D eigenvalue weighted by Crippen LogP contribution is -2.28. The molecule has 2 N–H and O–H groups in total. The summed E-state index contributed by atoms with van der Waals surface area (Å²) in [5, 5.41) is 14.8. The Morgan fingerprint density at radius 1 is 0.429 bits per heavy atom. The molecule has 0 heterocycles. The van der Waals surface area contributed by atoms with Crippen molar-refractivity contribution in [2.45, 2.75) is 57.8 Å². The molecule has 0 fully saturated rings. The normalized spacial score (nSPS) is 13.6. The summed E-state index contributed by atoms with van der Waals surface area (Å²) in [5.41, 5.74) is 15.4. The standard InChI is InChI=1S/C61H52N2/c1-59(2,3)42-27-31-46(32-28-42)62-55-37-24-40-22-36-51-57-41(23-35-50(55)56(40)57)38-52(58(51)63-47-33-29-43(30-34-47)60(4,5)6)39-20-25-45(26-21-39)61(44-14-8-7-9-15-44)53-18-12-10-16-48(53)49-17-11-13-19-54(49)61/h7-38,62-63H,1-6H3/i20D. The summed E-state index contributed by atoms with van der Waals surface area (Å²) >= 11 is 0. The van der Waals surface area contributed by atoms with Gasteiger partial charge in [0.05, 0.1) is 12.5 Å². The minimum Gasteiger partial charge on any atom is -0.355 e. The second-order valence-electron chi connectivity index (χ2n) is 19.4. The summed E-state index contributed by atoms with van der Waals surface area (Å²) in [6, 6.07) is 69.0. The summed E-state index contributed by atoms with van der Waals surface area (Å²) in [4.78, 5) is 0. The fourth-order valence-corrected chi connectivity index (χ4v) is 10.3. The average Bonchev–Trinajstić information content (AvgIpc) is 3.60. The molecule has 0 aliphatic heterocycles. The third kappa shape index (κ3) is 6.30. The van der Waals surface area contributed by atoms with Gasteiger partial charge in [-0.1, -0.05) is 199 Å². The molecule has 0 bridgehead atoms. The molecule has 0 saturated carbocycles. The van der Waals surface area contributed by atoms with Crippen molar-refractivity contribution in [1.29, 1.82) is 0 Å². The third-order valence-corrected chi connectivity index (χ3v) is 13.5. The molecular weight excluding hydrogens is 761 g/mol. The largest absolute Gasteiger partial charge is 0.355 e. The Morgan fingerprint density at radius 2 is 0.952 bits per heavy atom. The van der Waals surface area contributed by atoms with E-state index in [0.29, 0.717) is 6.04 Å². The van der Waals surface area contributed by atoms with E-state index in [9.17, 15) is 1.37 Å². The van der Waals surface area contributed by atoms with Gasteiger partial charge in [0.1, 0.15) is 0 Å². The van der Waals surface area contributed by atoms with Crippen LogP contribution in [0, 0.1) is 0 Å². The van der Waals surface area contributed by atoms with Gasteiger partial charge < -0.3 is 10.6 Å². The number of rotatable bonds is 7. The molecule has 306 valence electrons. The number of anilines is 4. The van der Waals surface area contributed by atoms with Crippen molar-refractivity contribution in [3.8, 4) is 22.3 Å². The highest BCUT2D eigenvalue weighted by atomic mass is 14.9. The highest BCUT2D eigenvalue weighted by molar-refractivity contribution is 6.29. The molecule has 11 rings (SSSR count). The zero-order valence-electron chi connectivity index (χ0n) is 37.9. The highest BCUT2D eigenvalue weighted by Crippen LogP contribution is 2.56. The van der Waals surface area contributed by atoms with Gasteiger partial charge in [-0.05, 0) is 119 Å². The lowest BCUT2D eigenvalue weighted by Gasteiger charge is -2.34. The van der Waals surface area contributed by atoms with Crippen molar-refractivity contribution in [1.82, 2.24) is 0 Å². The summed E-state index contributed by atoms with van der Waals surface area (Å²) in [5.74, 6) is 0. The van der Waals surface area contributed by atoms with Crippen LogP contribution in [-0.4, -0.2) is 0 Å². The average molecular weight is 814 g/mol. The van der Waals surface area contributed by atoms with E-state index in [1.165, 1.54) is 60.5 Å². The molecule has 63 heavy (non-hydrogen) atoms. The van der Waals surface area contributed by atoms with E-state index in [1.54, 1.807) is 0 Å². The maximum absolute atomic E-state index is 10.0. The van der Waals surface area contributed by atoms with Crippen LogP contribution in [0.3, 0.4) is 0 Å². The zero-order chi connectivity index (χ0) is 44.0. The van der Waals surface area contributed by atoms with Crippen molar-refractivity contribution in [2.24, 2.45) is 0 Å². The van der Waals surface area contributed by atoms with Crippen LogP contribution in [0.1, 0.15) is 76.3 Å². The van der Waals surface area contributed by atoms with Gasteiger partial charge in [0.25, 0.3) is 0 Å². The van der Waals surface area contributed by atoms with Crippen LogP contribution in [-0.2, 0) is 16.2 Å². The first kappa shape index (κ1) is 37.6. The van der Waals surface area contributed by atoms with E-state index in [2.05, 4.69) is 240 Å². The quantitative estimate of drug-likeness (QED) is 0.157. The van der Waals surface area contributed by atoms with Crippen LogP contribution in [0.5, 0.6) is 0 Å². The highest BCUT2D eigenvalue weighted by Gasteiger charge is 2.45. The number of nitrogens with one attached hydrogen (secondary N) is 2. The molecule has 1 aliphatic rings. The van der Waals surface area contributed by atoms with Crippen LogP contribution in [0.4, 0.5) is 22.7 Å². The first-order valence-electron chi connectivity index (χ1n) is 22.8. The molecule has 10 aromatic rings. The van der Waals surface area contributed by atoms with Crippen molar-refractivity contribution in [2.75, 3.05) is 10.6 Å². The van der Waals surface area contributed by atoms with Gasteiger partial charge >= 0.3 is 0 Å². The molecular formula is C61H52N2. The zero-order valence-corrected chi connectivity index (χ0v) is 36.9. The smallest absolute Gasteiger partial charge is 0.0713 e. The Hall–Kier alpha value is -7.16. The lowest BCUT2D eigenvalue weighted by molar-refractivity contribution is 0.590. The van der Waals surface area contributed by atoms with E-state index >= 15 is 0 Å². The van der Waals surface area contributed by atoms with Crippen molar-refractivity contribution < 1.29 is 1.37 Å². The molecule has 0 spiro atoms. The first-order chi connectivity index (χ1) is 30.9. The third-order valence-electron chi connectivity index (χ3n) is 13.5. The van der Waals surface area contributed by atoms with Crippen LogP contribution < -0.4 is 10.6 Å². The second-order valence-corrected chi connectivity index (χ2v) is 19.4. The maximum Gasteiger partial charge on any atom is 0.0713 e. The summed E-state index contributed by atoms with van der Waals surface area (Å²) in [6.07, 6.45) is 0. The Bertz CT molecular complexity index is 3340. The first-order valence-corrected chi connectivity index (χ1v) is 22.3. The van der Waals surface area contributed by atoms with Crippen molar-refractivity contribution in [3.63, 3.8) is 0 Å². The van der Waals surface area contributed by atoms with Crippen LogP contribution in [0.15, 0.2) is 194 Å². The Morgan fingerprint density at radius 3 is 1.57 bits per heavy atom. The van der Waals surface area contributed by atoms with E-state index < -0.39 is 5.41 Å². The minimum atomic E-state index is -0.577. The van der Waals surface area contributed by atoms with E-state index in [0.717, 1.165) is 50.2 Å². The Kier molecular flexibility index (Phi) is 8.63. The van der Waals surface area contributed by atoms with Crippen molar-refractivity contribution in [3.05, 3.63) is 227 Å². The van der Waals surface area contributed by atoms with Crippen LogP contribution in [0.25, 0.3) is 54.6 Å². The fourth-order valence-electron chi connectivity index (χ4n) is 10.3. The van der Waals surface area contributed by atoms with Crippen LogP contribution in [0.2, 0.25) is 0 Å². The molecule has 0 saturated heterocycles. The molecule has 2 nitrogen and oxygen atoms in total. The molecule has 10 aromatic carbocycles. The minimum absolute atomic E-state index is 0.0381. The predicted octanol–water partition coefficient (Wildman–Crippen LogP) is 16.7. The monoisotopic (exact) mass is 813 g/mol. The number of hydrogen-bond acceptors (Lipinski definition) is 2. The van der Waals surface area contributed by atoms with Crippen molar-refractivity contribution >= 4 is 55.1 Å². The fraction of sp³-hybridized carbons (Fsp3) is 0.148. The molecule has 0 unspecified atom stereocenters. The van der Waals surface area contributed by atoms with Gasteiger partial charge in [-0.25, -0.2) is 0 Å². The van der Waals surface area contributed by atoms with Gasteiger partial charge in [0.2, 0.25) is 0 Å². The van der Waals surface area contributed by atoms with Gasteiger partial charge in [0.15, 0.2) is 0 Å². The summed E-state index contributed by atoms with van der Waals surface area (Å²) in [6.45, 7) is 13.5. The van der Waals surface area contributed by atoms with Gasteiger partial charge in [-0.15, -0.1) is 0 Å². The number of fused-ring (bicyclic) bond motifs is 3. The maximum atomic E-state index is 10.0. The summed E-state index contributed by atoms with van der Waals surface area (Å²) < 4.78 is 10.0. The predicted molar refractivity (Wildman–Crippen MR) is 270 cm³/mol. The number of hydrogen-bond donors (Lipinski definition) is 2. The molecule has 0 aromatic heterocycles. The SMILES string of the molecule is [2H]c1cc(C2(c3ccccc3)c3ccccc3-c3ccccc32)ccc1-c1cc2ccc3c(Nc4ccc(C(C)(C)C)cc4)ccc4ccc(c1Nc1ccc(C(C)(C)C)cc1)c2c43. The Labute approximate surface area is 373 Å². The van der Waals surface area contributed by atoms with E-state index in [4.69, 9.17) is 0 Å². The lowest BCUT2D eigenvalue weighted by atomic mass is 9.67. The topological polar surface area (TPSA) is 24.1 Å². The summed E-state index contributed by atoms with van der Waals surface area (Å²) in [7, 11) is 0. The Balaban J connectivity index is 1.11. The molecule has 1 aliphatic carbocycles. The molecule has 0 radical (unpaired) electrons. The molecule has 2 heteroatoms. The van der Waals surface area contributed by atoms with E-state index in [-0.39, 0.29) is 10.8 Å². The second kappa shape index (κ2) is 14.5. The van der Waals surface area contributed by atoms with Gasteiger partial charge in [0, 0.05) is 33.4 Å². The van der Waals surface area contributed by atoms with Gasteiger partial charge in [-0.3, -0.25) is 0 Å². The van der Waals surface area contributed by atoms with E-state index in [1.807, 2.05) is 0 Å². The van der Waals surface area contributed by atoms with Crippen LogP contribution >= 0.6 is 0 Å². The molecule has 0 amide bonds.